The second kappa shape index (κ2) is 5.20. The van der Waals surface area contributed by atoms with Gasteiger partial charge in [0.25, 0.3) is 0 Å². The zero-order valence-corrected chi connectivity index (χ0v) is 12.4. The van der Waals surface area contributed by atoms with Crippen molar-refractivity contribution in [2.75, 3.05) is 10.6 Å². The minimum atomic E-state index is 0.377. The van der Waals surface area contributed by atoms with Gasteiger partial charge in [-0.1, -0.05) is 36.4 Å². The smallest absolute Gasteiger partial charge is 0.0553 e. The molecular formula is C18H22N2. The summed E-state index contributed by atoms with van der Waals surface area (Å²) in [5, 5.41) is 7.34. The van der Waals surface area contributed by atoms with Crippen LogP contribution in [0, 0.1) is 13.8 Å². The SMILES string of the molecule is Cc1ccccc1N[C@@H]1C[C@@H](C)Nc2c(C)cccc21. The Kier molecular flexibility index (Phi) is 3.39. The fourth-order valence-corrected chi connectivity index (χ4v) is 3.02. The summed E-state index contributed by atoms with van der Waals surface area (Å²) in [6.45, 7) is 6.58. The third kappa shape index (κ3) is 2.38. The first-order chi connectivity index (χ1) is 9.65. The lowest BCUT2D eigenvalue weighted by Gasteiger charge is -2.34. The quantitative estimate of drug-likeness (QED) is 0.826. The third-order valence-corrected chi connectivity index (χ3v) is 4.14. The number of para-hydroxylation sites is 2. The highest BCUT2D eigenvalue weighted by atomic mass is 15.0. The standard InChI is InChI=1S/C18H22N2/c1-12-7-4-5-10-16(12)20-17-11-14(3)19-18-13(2)8-6-9-15(17)18/h4-10,14,17,19-20H,11H2,1-3H3/t14-,17-/m1/s1. The van der Waals surface area contributed by atoms with Gasteiger partial charge in [-0.25, -0.2) is 0 Å². The van der Waals surface area contributed by atoms with Crippen molar-refractivity contribution in [2.24, 2.45) is 0 Å². The lowest BCUT2D eigenvalue weighted by atomic mass is 9.91. The third-order valence-electron chi connectivity index (χ3n) is 4.14. The van der Waals surface area contributed by atoms with E-state index in [4.69, 9.17) is 0 Å². The lowest BCUT2D eigenvalue weighted by Crippen LogP contribution is -2.29. The van der Waals surface area contributed by atoms with E-state index in [1.807, 2.05) is 0 Å². The van der Waals surface area contributed by atoms with Crippen LogP contribution in [0.25, 0.3) is 0 Å². The number of rotatable bonds is 2. The largest absolute Gasteiger partial charge is 0.382 e. The van der Waals surface area contributed by atoms with Crippen LogP contribution in [0.4, 0.5) is 11.4 Å². The number of hydrogen-bond acceptors (Lipinski definition) is 2. The molecule has 3 rings (SSSR count). The summed E-state index contributed by atoms with van der Waals surface area (Å²) in [7, 11) is 0. The van der Waals surface area contributed by atoms with Crippen LogP contribution in [0.1, 0.15) is 36.1 Å². The molecule has 1 aliphatic rings. The molecule has 0 aliphatic carbocycles. The van der Waals surface area contributed by atoms with E-state index in [0.717, 1.165) is 6.42 Å². The average Bonchev–Trinajstić information content (AvgIpc) is 2.42. The Morgan fingerprint density at radius 3 is 2.55 bits per heavy atom. The summed E-state index contributed by atoms with van der Waals surface area (Å²) in [4.78, 5) is 0. The van der Waals surface area contributed by atoms with Crippen LogP contribution in [-0.4, -0.2) is 6.04 Å². The normalized spacial score (nSPS) is 20.9. The van der Waals surface area contributed by atoms with Crippen LogP contribution in [0.15, 0.2) is 42.5 Å². The maximum absolute atomic E-state index is 3.72. The molecule has 104 valence electrons. The zero-order chi connectivity index (χ0) is 14.1. The first kappa shape index (κ1) is 13.0. The summed E-state index contributed by atoms with van der Waals surface area (Å²) in [5.74, 6) is 0. The molecule has 0 radical (unpaired) electrons. The Morgan fingerprint density at radius 1 is 1.00 bits per heavy atom. The summed E-state index contributed by atoms with van der Waals surface area (Å²) < 4.78 is 0. The molecule has 2 aromatic carbocycles. The molecule has 0 bridgehead atoms. The molecule has 20 heavy (non-hydrogen) atoms. The van der Waals surface area contributed by atoms with Crippen molar-refractivity contribution in [1.29, 1.82) is 0 Å². The fraction of sp³-hybridized carbons (Fsp3) is 0.333. The number of benzene rings is 2. The number of anilines is 2. The molecule has 1 heterocycles. The minimum absolute atomic E-state index is 0.377. The molecule has 0 spiro atoms. The summed E-state index contributed by atoms with van der Waals surface area (Å²) >= 11 is 0. The predicted molar refractivity (Wildman–Crippen MR) is 86.4 cm³/mol. The average molecular weight is 266 g/mol. The van der Waals surface area contributed by atoms with Gasteiger partial charge in [-0.2, -0.15) is 0 Å². The highest BCUT2D eigenvalue weighted by Crippen LogP contribution is 2.37. The fourth-order valence-electron chi connectivity index (χ4n) is 3.02. The van der Waals surface area contributed by atoms with E-state index in [1.165, 1.54) is 28.1 Å². The molecule has 2 atom stereocenters. The molecular weight excluding hydrogens is 244 g/mol. The minimum Gasteiger partial charge on any atom is -0.382 e. The van der Waals surface area contributed by atoms with Gasteiger partial charge in [0.1, 0.15) is 0 Å². The maximum atomic E-state index is 3.72. The van der Waals surface area contributed by atoms with Crippen molar-refractivity contribution in [3.63, 3.8) is 0 Å². The first-order valence-corrected chi connectivity index (χ1v) is 7.33. The Bertz CT molecular complexity index is 619. The second-order valence-corrected chi connectivity index (χ2v) is 5.83. The molecule has 0 amide bonds. The van der Waals surface area contributed by atoms with Crippen molar-refractivity contribution < 1.29 is 0 Å². The summed E-state index contributed by atoms with van der Waals surface area (Å²) in [5.41, 5.74) is 6.54. The molecule has 2 heteroatoms. The Balaban J connectivity index is 1.96. The van der Waals surface area contributed by atoms with Gasteiger partial charge in [0, 0.05) is 17.4 Å². The van der Waals surface area contributed by atoms with Crippen LogP contribution in [0.3, 0.4) is 0 Å². The van der Waals surface area contributed by atoms with E-state index in [9.17, 15) is 0 Å². The van der Waals surface area contributed by atoms with Crippen LogP contribution in [-0.2, 0) is 0 Å². The van der Waals surface area contributed by atoms with Crippen molar-refractivity contribution in [1.82, 2.24) is 0 Å². The van der Waals surface area contributed by atoms with Gasteiger partial charge in [0.2, 0.25) is 0 Å². The van der Waals surface area contributed by atoms with Gasteiger partial charge < -0.3 is 10.6 Å². The van der Waals surface area contributed by atoms with Gasteiger partial charge in [-0.3, -0.25) is 0 Å². The molecule has 0 saturated heterocycles. The number of hydrogen-bond donors (Lipinski definition) is 2. The van der Waals surface area contributed by atoms with Gasteiger partial charge in [-0.05, 0) is 49.9 Å². The van der Waals surface area contributed by atoms with Gasteiger partial charge in [-0.15, -0.1) is 0 Å². The second-order valence-electron chi connectivity index (χ2n) is 5.83. The van der Waals surface area contributed by atoms with E-state index >= 15 is 0 Å². The molecule has 0 unspecified atom stereocenters. The number of aryl methyl sites for hydroxylation is 2. The summed E-state index contributed by atoms with van der Waals surface area (Å²) in [6.07, 6.45) is 1.10. The van der Waals surface area contributed by atoms with E-state index in [0.29, 0.717) is 12.1 Å². The molecule has 0 fully saturated rings. The maximum Gasteiger partial charge on any atom is 0.0553 e. The Morgan fingerprint density at radius 2 is 1.75 bits per heavy atom. The predicted octanol–water partition coefficient (Wildman–Crippen LogP) is 4.66. The summed E-state index contributed by atoms with van der Waals surface area (Å²) in [6, 6.07) is 15.9. The van der Waals surface area contributed by atoms with Crippen molar-refractivity contribution in [2.45, 2.75) is 39.3 Å². The van der Waals surface area contributed by atoms with Gasteiger partial charge in [0.05, 0.1) is 6.04 Å². The number of fused-ring (bicyclic) bond motifs is 1. The van der Waals surface area contributed by atoms with Crippen LogP contribution in [0.5, 0.6) is 0 Å². The molecule has 2 N–H and O–H groups in total. The van der Waals surface area contributed by atoms with Crippen LogP contribution >= 0.6 is 0 Å². The van der Waals surface area contributed by atoms with Gasteiger partial charge in [0.15, 0.2) is 0 Å². The number of nitrogens with one attached hydrogen (secondary N) is 2. The molecule has 2 nitrogen and oxygen atoms in total. The van der Waals surface area contributed by atoms with Crippen molar-refractivity contribution in [3.05, 3.63) is 59.2 Å². The van der Waals surface area contributed by atoms with E-state index in [-0.39, 0.29) is 0 Å². The molecule has 0 saturated carbocycles. The van der Waals surface area contributed by atoms with E-state index in [1.54, 1.807) is 0 Å². The molecule has 0 aromatic heterocycles. The van der Waals surface area contributed by atoms with Gasteiger partial charge >= 0.3 is 0 Å². The molecule has 1 aliphatic heterocycles. The monoisotopic (exact) mass is 266 g/mol. The van der Waals surface area contributed by atoms with Crippen LogP contribution in [0.2, 0.25) is 0 Å². The zero-order valence-electron chi connectivity index (χ0n) is 12.4. The van der Waals surface area contributed by atoms with Crippen LogP contribution < -0.4 is 10.6 Å². The van der Waals surface area contributed by atoms with Crippen molar-refractivity contribution in [3.8, 4) is 0 Å². The van der Waals surface area contributed by atoms with E-state index < -0.39 is 0 Å². The highest BCUT2D eigenvalue weighted by molar-refractivity contribution is 5.63. The first-order valence-electron chi connectivity index (χ1n) is 7.33. The Hall–Kier alpha value is -1.96. The van der Waals surface area contributed by atoms with Crippen molar-refractivity contribution >= 4 is 11.4 Å². The highest BCUT2D eigenvalue weighted by Gasteiger charge is 2.25. The topological polar surface area (TPSA) is 24.1 Å². The Labute approximate surface area is 121 Å². The van der Waals surface area contributed by atoms with E-state index in [2.05, 4.69) is 73.9 Å². The molecule has 2 aromatic rings. The lowest BCUT2D eigenvalue weighted by molar-refractivity contribution is 0.598.